The molecule has 3 N–H and O–H groups in total. The standard InChI is InChI=1S/C18H23N5O4.ClH/c1-11(2)18(4,10-19)20-17(25)16-15(24)9-12(3)22(21-16)13-7-5-6-8-14(13)23(26)27;/h5-9,11H,10,19H2,1-4H3,(H,20,25);1H. The topological polar surface area (TPSA) is 133 Å². The average Bonchev–Trinajstić information content (AvgIpc) is 2.61. The molecule has 9 nitrogen and oxygen atoms in total. The van der Waals surface area contributed by atoms with Crippen molar-refractivity contribution < 1.29 is 9.72 Å². The first-order chi connectivity index (χ1) is 12.6. The first-order valence-electron chi connectivity index (χ1n) is 8.48. The van der Waals surface area contributed by atoms with E-state index in [4.69, 9.17) is 5.73 Å². The molecule has 0 saturated carbocycles. The van der Waals surface area contributed by atoms with Gasteiger partial charge in [-0.3, -0.25) is 19.7 Å². The molecule has 2 rings (SSSR count). The third kappa shape index (κ3) is 4.55. The van der Waals surface area contributed by atoms with Gasteiger partial charge < -0.3 is 11.1 Å². The summed E-state index contributed by atoms with van der Waals surface area (Å²) in [4.78, 5) is 35.8. The van der Waals surface area contributed by atoms with E-state index in [9.17, 15) is 19.7 Å². The molecule has 1 amide bonds. The fraction of sp³-hybridized carbons (Fsp3) is 0.389. The first kappa shape index (κ1) is 23.3. The highest BCUT2D eigenvalue weighted by atomic mass is 35.5. The molecule has 0 fully saturated rings. The summed E-state index contributed by atoms with van der Waals surface area (Å²) >= 11 is 0. The van der Waals surface area contributed by atoms with Crippen molar-refractivity contribution in [3.63, 3.8) is 0 Å². The highest BCUT2D eigenvalue weighted by Crippen LogP contribution is 2.22. The number of para-hydroxylation sites is 2. The molecule has 0 aliphatic carbocycles. The van der Waals surface area contributed by atoms with E-state index >= 15 is 0 Å². The quantitative estimate of drug-likeness (QED) is 0.553. The van der Waals surface area contributed by atoms with Crippen LogP contribution in [0.1, 0.15) is 37.0 Å². The summed E-state index contributed by atoms with van der Waals surface area (Å²) in [6, 6.07) is 7.21. The molecule has 152 valence electrons. The van der Waals surface area contributed by atoms with Gasteiger partial charge in [-0.2, -0.15) is 5.10 Å². The number of nitrogens with zero attached hydrogens (tertiary/aromatic N) is 3. The molecule has 0 saturated heterocycles. The lowest BCUT2D eigenvalue weighted by Gasteiger charge is -2.33. The number of carbonyl (C=O) groups is 1. The van der Waals surface area contributed by atoms with Gasteiger partial charge in [0.15, 0.2) is 5.69 Å². The number of hydrogen-bond donors (Lipinski definition) is 2. The zero-order chi connectivity index (χ0) is 20.4. The summed E-state index contributed by atoms with van der Waals surface area (Å²) in [7, 11) is 0. The zero-order valence-corrected chi connectivity index (χ0v) is 16.9. The molecule has 0 spiro atoms. The van der Waals surface area contributed by atoms with Crippen molar-refractivity contribution in [1.82, 2.24) is 15.1 Å². The molecule has 1 unspecified atom stereocenters. The van der Waals surface area contributed by atoms with Gasteiger partial charge in [0.2, 0.25) is 5.43 Å². The van der Waals surface area contributed by atoms with Crippen LogP contribution in [0.25, 0.3) is 5.69 Å². The van der Waals surface area contributed by atoms with E-state index in [-0.39, 0.29) is 41.9 Å². The predicted molar refractivity (Wildman–Crippen MR) is 108 cm³/mol. The minimum absolute atomic E-state index is 0. The van der Waals surface area contributed by atoms with E-state index in [1.165, 1.54) is 28.9 Å². The van der Waals surface area contributed by atoms with Gasteiger partial charge in [-0.15, -0.1) is 12.4 Å². The lowest BCUT2D eigenvalue weighted by atomic mass is 9.88. The van der Waals surface area contributed by atoms with Crippen molar-refractivity contribution in [3.8, 4) is 5.69 Å². The predicted octanol–water partition coefficient (Wildman–Crippen LogP) is 1.97. The Morgan fingerprint density at radius 3 is 2.54 bits per heavy atom. The van der Waals surface area contributed by atoms with Gasteiger partial charge in [0, 0.05) is 24.4 Å². The van der Waals surface area contributed by atoms with Gasteiger partial charge in [-0.05, 0) is 25.8 Å². The van der Waals surface area contributed by atoms with Crippen LogP contribution >= 0.6 is 12.4 Å². The average molecular weight is 410 g/mol. The summed E-state index contributed by atoms with van der Waals surface area (Å²) in [6.45, 7) is 7.36. The highest BCUT2D eigenvalue weighted by Gasteiger charge is 2.30. The summed E-state index contributed by atoms with van der Waals surface area (Å²) in [5, 5.41) is 18.2. The number of nitrogens with two attached hydrogens (primary N) is 1. The number of amides is 1. The first-order valence-corrected chi connectivity index (χ1v) is 8.48. The van der Waals surface area contributed by atoms with Crippen molar-refractivity contribution in [1.29, 1.82) is 0 Å². The Bertz CT molecular complexity index is 944. The van der Waals surface area contributed by atoms with Crippen LogP contribution in [-0.2, 0) is 0 Å². The molecule has 1 heterocycles. The number of aryl methyl sites for hydroxylation is 1. The fourth-order valence-electron chi connectivity index (χ4n) is 2.50. The van der Waals surface area contributed by atoms with Gasteiger partial charge in [0.05, 0.1) is 10.5 Å². The molecular formula is C18H24ClN5O4. The normalized spacial score (nSPS) is 12.8. The van der Waals surface area contributed by atoms with Crippen molar-refractivity contribution in [2.45, 2.75) is 33.2 Å². The third-order valence-corrected chi connectivity index (χ3v) is 4.73. The highest BCUT2D eigenvalue weighted by molar-refractivity contribution is 5.92. The maximum absolute atomic E-state index is 12.7. The van der Waals surface area contributed by atoms with Crippen LogP contribution in [-0.4, -0.2) is 32.7 Å². The Kier molecular flexibility index (Phi) is 7.43. The molecule has 0 bridgehead atoms. The van der Waals surface area contributed by atoms with Crippen LogP contribution in [0.2, 0.25) is 0 Å². The molecule has 0 aliphatic heterocycles. The van der Waals surface area contributed by atoms with Crippen molar-refractivity contribution in [3.05, 3.63) is 62.1 Å². The molecule has 1 aromatic carbocycles. The SMILES string of the molecule is Cc1cc(=O)c(C(=O)NC(C)(CN)C(C)C)nn1-c1ccccc1[N+](=O)[O-].Cl. The van der Waals surface area contributed by atoms with E-state index < -0.39 is 21.8 Å². The zero-order valence-electron chi connectivity index (χ0n) is 16.1. The van der Waals surface area contributed by atoms with Crippen LogP contribution in [0.4, 0.5) is 5.69 Å². The van der Waals surface area contributed by atoms with Gasteiger partial charge in [0.1, 0.15) is 5.69 Å². The van der Waals surface area contributed by atoms with Crippen LogP contribution in [0.5, 0.6) is 0 Å². The maximum atomic E-state index is 12.7. The number of carbonyl (C=O) groups excluding carboxylic acids is 1. The van der Waals surface area contributed by atoms with Gasteiger partial charge in [0.25, 0.3) is 11.6 Å². The lowest BCUT2D eigenvalue weighted by Crippen LogP contribution is -2.55. The molecule has 1 aromatic heterocycles. The second-order valence-corrected chi connectivity index (χ2v) is 6.89. The smallest absolute Gasteiger partial charge is 0.294 e. The largest absolute Gasteiger partial charge is 0.344 e. The molecule has 1 atom stereocenters. The van der Waals surface area contributed by atoms with E-state index in [1.807, 2.05) is 13.8 Å². The minimum atomic E-state index is -0.723. The minimum Gasteiger partial charge on any atom is -0.344 e. The Hall–Kier alpha value is -2.78. The van der Waals surface area contributed by atoms with Crippen LogP contribution in [0, 0.1) is 23.0 Å². The molecule has 10 heteroatoms. The molecule has 0 radical (unpaired) electrons. The van der Waals surface area contributed by atoms with E-state index in [0.717, 1.165) is 0 Å². The number of hydrogen-bond acceptors (Lipinski definition) is 6. The Morgan fingerprint density at radius 1 is 1.39 bits per heavy atom. The monoisotopic (exact) mass is 409 g/mol. The van der Waals surface area contributed by atoms with Crippen LogP contribution < -0.4 is 16.5 Å². The molecule has 2 aromatic rings. The van der Waals surface area contributed by atoms with Gasteiger partial charge in [-0.1, -0.05) is 26.0 Å². The summed E-state index contributed by atoms with van der Waals surface area (Å²) in [5.41, 5.74) is 4.49. The van der Waals surface area contributed by atoms with E-state index in [1.54, 1.807) is 19.9 Å². The Labute approximate surface area is 168 Å². The molecule has 0 aliphatic rings. The number of nitro benzene ring substituents is 1. The van der Waals surface area contributed by atoms with Crippen molar-refractivity contribution in [2.75, 3.05) is 6.54 Å². The number of aromatic nitrogens is 2. The summed E-state index contributed by atoms with van der Waals surface area (Å²) in [6.07, 6.45) is 0. The van der Waals surface area contributed by atoms with E-state index in [0.29, 0.717) is 5.69 Å². The molecular weight excluding hydrogens is 386 g/mol. The van der Waals surface area contributed by atoms with Gasteiger partial charge in [-0.25, -0.2) is 4.68 Å². The van der Waals surface area contributed by atoms with Crippen molar-refractivity contribution >= 4 is 24.0 Å². The second kappa shape index (κ2) is 8.94. The van der Waals surface area contributed by atoms with Crippen LogP contribution in [0.15, 0.2) is 35.1 Å². The number of halogens is 1. The lowest BCUT2D eigenvalue weighted by molar-refractivity contribution is -0.384. The third-order valence-electron chi connectivity index (χ3n) is 4.73. The van der Waals surface area contributed by atoms with Crippen molar-refractivity contribution in [2.24, 2.45) is 11.7 Å². The Balaban J connectivity index is 0.00000392. The fourth-order valence-corrected chi connectivity index (χ4v) is 2.50. The Morgan fingerprint density at radius 2 is 2.00 bits per heavy atom. The second-order valence-electron chi connectivity index (χ2n) is 6.89. The molecule has 28 heavy (non-hydrogen) atoms. The number of benzene rings is 1. The number of rotatable bonds is 6. The number of nitrogens with one attached hydrogen (secondary N) is 1. The van der Waals surface area contributed by atoms with Gasteiger partial charge >= 0.3 is 0 Å². The summed E-state index contributed by atoms with van der Waals surface area (Å²) < 4.78 is 1.23. The maximum Gasteiger partial charge on any atom is 0.294 e. The van der Waals surface area contributed by atoms with Crippen LogP contribution in [0.3, 0.4) is 0 Å². The summed E-state index contributed by atoms with van der Waals surface area (Å²) in [5.74, 6) is -0.650. The number of nitro groups is 1. The van der Waals surface area contributed by atoms with E-state index in [2.05, 4.69) is 10.4 Å².